The van der Waals surface area contributed by atoms with Crippen molar-refractivity contribution >= 4 is 22.5 Å². The molecule has 1 aliphatic heterocycles. The number of anilines is 1. The Balaban J connectivity index is 1.54. The normalized spacial score (nSPS) is 16.7. The second kappa shape index (κ2) is 8.40. The van der Waals surface area contributed by atoms with Gasteiger partial charge in [0.1, 0.15) is 12.4 Å². The lowest BCUT2D eigenvalue weighted by Gasteiger charge is -2.23. The van der Waals surface area contributed by atoms with Gasteiger partial charge in [0.05, 0.1) is 22.9 Å². The first kappa shape index (κ1) is 18.4. The van der Waals surface area contributed by atoms with Crippen LogP contribution in [0.5, 0.6) is 5.75 Å². The highest BCUT2D eigenvalue weighted by atomic mass is 16.5. The average Bonchev–Trinajstić information content (AvgIpc) is 2.73. The van der Waals surface area contributed by atoms with E-state index >= 15 is 0 Å². The second-order valence-electron chi connectivity index (χ2n) is 7.08. The number of amides is 1. The van der Waals surface area contributed by atoms with Gasteiger partial charge in [-0.25, -0.2) is 0 Å². The molecule has 0 spiro atoms. The molecule has 0 radical (unpaired) electrons. The van der Waals surface area contributed by atoms with Crippen LogP contribution in [0.1, 0.15) is 35.3 Å². The number of aromatic nitrogens is 1. The van der Waals surface area contributed by atoms with Gasteiger partial charge in [0.15, 0.2) is 0 Å². The van der Waals surface area contributed by atoms with Crippen molar-refractivity contribution in [3.63, 3.8) is 0 Å². The zero-order valence-electron chi connectivity index (χ0n) is 16.0. The van der Waals surface area contributed by atoms with Crippen LogP contribution in [0.2, 0.25) is 0 Å². The summed E-state index contributed by atoms with van der Waals surface area (Å²) in [4.78, 5) is 17.5. The predicted octanol–water partition coefficient (Wildman–Crippen LogP) is 4.74. The molecule has 1 saturated heterocycles. The summed E-state index contributed by atoms with van der Waals surface area (Å²) in [6, 6.07) is 17.0. The van der Waals surface area contributed by atoms with Gasteiger partial charge in [-0.3, -0.25) is 9.78 Å². The molecule has 2 aromatic carbocycles. The van der Waals surface area contributed by atoms with Crippen molar-refractivity contribution in [2.45, 2.75) is 32.3 Å². The molecule has 1 fully saturated rings. The maximum absolute atomic E-state index is 13.0. The Morgan fingerprint density at radius 2 is 2.00 bits per heavy atom. The highest BCUT2D eigenvalue weighted by Crippen LogP contribution is 2.27. The number of hydrogen-bond acceptors (Lipinski definition) is 4. The highest BCUT2D eigenvalue weighted by Gasteiger charge is 2.17. The molecule has 1 unspecified atom stereocenters. The Labute approximate surface area is 164 Å². The van der Waals surface area contributed by atoms with Crippen LogP contribution in [0.25, 0.3) is 10.9 Å². The molecular formula is C23H24N2O3. The highest BCUT2D eigenvalue weighted by molar-refractivity contribution is 6.12. The van der Waals surface area contributed by atoms with Crippen LogP contribution in [0.4, 0.5) is 5.69 Å². The molecule has 1 amide bonds. The van der Waals surface area contributed by atoms with Gasteiger partial charge in [-0.2, -0.15) is 0 Å². The first-order chi connectivity index (χ1) is 13.7. The average molecular weight is 376 g/mol. The zero-order chi connectivity index (χ0) is 19.3. The fraction of sp³-hybridized carbons (Fsp3) is 0.304. The van der Waals surface area contributed by atoms with E-state index in [-0.39, 0.29) is 12.0 Å². The number of nitrogens with zero attached hydrogens (tertiary/aromatic N) is 1. The van der Waals surface area contributed by atoms with Crippen LogP contribution in [-0.4, -0.2) is 30.2 Å². The van der Waals surface area contributed by atoms with Gasteiger partial charge >= 0.3 is 0 Å². The monoisotopic (exact) mass is 376 g/mol. The fourth-order valence-electron chi connectivity index (χ4n) is 3.50. The molecule has 0 bridgehead atoms. The molecule has 1 atom stereocenters. The van der Waals surface area contributed by atoms with Crippen LogP contribution in [-0.2, 0) is 4.74 Å². The molecule has 2 heterocycles. The Morgan fingerprint density at radius 1 is 1.18 bits per heavy atom. The number of nitrogens with one attached hydrogen (secondary N) is 1. The summed E-state index contributed by atoms with van der Waals surface area (Å²) in [5, 5.41) is 3.83. The number of carbonyl (C=O) groups is 1. The first-order valence-corrected chi connectivity index (χ1v) is 9.72. The van der Waals surface area contributed by atoms with E-state index in [1.54, 1.807) is 0 Å². The van der Waals surface area contributed by atoms with Gasteiger partial charge in [0.25, 0.3) is 5.91 Å². The van der Waals surface area contributed by atoms with Gasteiger partial charge in [0, 0.05) is 17.7 Å². The lowest BCUT2D eigenvalue weighted by molar-refractivity contribution is -0.0109. The molecule has 144 valence electrons. The molecule has 5 nitrogen and oxygen atoms in total. The number of hydrogen-bond donors (Lipinski definition) is 1. The van der Waals surface area contributed by atoms with Gasteiger partial charge in [-0.05, 0) is 50.5 Å². The SMILES string of the molecule is Cc1cc(C(=O)Nc2ccccc2OCC2CCCCO2)c2ccccc2n1. The Morgan fingerprint density at radius 3 is 2.86 bits per heavy atom. The summed E-state index contributed by atoms with van der Waals surface area (Å²) in [5.41, 5.74) is 2.88. The molecule has 1 N–H and O–H groups in total. The van der Waals surface area contributed by atoms with Gasteiger partial charge in [-0.1, -0.05) is 30.3 Å². The van der Waals surface area contributed by atoms with Crippen molar-refractivity contribution < 1.29 is 14.3 Å². The summed E-state index contributed by atoms with van der Waals surface area (Å²) in [6.45, 7) is 3.18. The van der Waals surface area contributed by atoms with Gasteiger partial charge < -0.3 is 14.8 Å². The molecule has 4 rings (SSSR count). The number of benzene rings is 2. The Hall–Kier alpha value is -2.92. The third-order valence-corrected chi connectivity index (χ3v) is 4.92. The van der Waals surface area contributed by atoms with Crippen molar-refractivity contribution in [3.8, 4) is 5.75 Å². The number of pyridine rings is 1. The number of fused-ring (bicyclic) bond motifs is 1. The maximum atomic E-state index is 13.0. The van der Waals surface area contributed by atoms with E-state index in [4.69, 9.17) is 9.47 Å². The Bertz CT molecular complexity index is 980. The lowest BCUT2D eigenvalue weighted by Crippen LogP contribution is -2.26. The predicted molar refractivity (Wildman–Crippen MR) is 110 cm³/mol. The van der Waals surface area contributed by atoms with E-state index in [9.17, 15) is 4.79 Å². The minimum Gasteiger partial charge on any atom is -0.489 e. The van der Waals surface area contributed by atoms with E-state index in [0.717, 1.165) is 36.0 Å². The van der Waals surface area contributed by atoms with Crippen LogP contribution in [0.15, 0.2) is 54.6 Å². The van der Waals surface area contributed by atoms with E-state index in [1.807, 2.05) is 61.5 Å². The van der Waals surface area contributed by atoms with Crippen molar-refractivity contribution in [1.82, 2.24) is 4.98 Å². The van der Waals surface area contributed by atoms with E-state index in [2.05, 4.69) is 10.3 Å². The summed E-state index contributed by atoms with van der Waals surface area (Å²) in [6.07, 6.45) is 3.41. The number of para-hydroxylation sites is 3. The van der Waals surface area contributed by atoms with Crippen LogP contribution >= 0.6 is 0 Å². The molecule has 1 aromatic heterocycles. The fourth-order valence-corrected chi connectivity index (χ4v) is 3.50. The minimum atomic E-state index is -0.174. The Kier molecular flexibility index (Phi) is 5.53. The quantitative estimate of drug-likeness (QED) is 0.698. The van der Waals surface area contributed by atoms with Crippen molar-refractivity contribution in [3.05, 3.63) is 65.9 Å². The number of carbonyl (C=O) groups excluding carboxylic acids is 1. The van der Waals surface area contributed by atoms with Crippen LogP contribution in [0.3, 0.4) is 0 Å². The summed E-state index contributed by atoms with van der Waals surface area (Å²) >= 11 is 0. The summed E-state index contributed by atoms with van der Waals surface area (Å²) < 4.78 is 11.7. The second-order valence-corrected chi connectivity index (χ2v) is 7.08. The lowest BCUT2D eigenvalue weighted by atomic mass is 10.1. The summed E-state index contributed by atoms with van der Waals surface area (Å²) in [7, 11) is 0. The van der Waals surface area contributed by atoms with E-state index < -0.39 is 0 Å². The van der Waals surface area contributed by atoms with E-state index in [1.165, 1.54) is 6.42 Å². The molecule has 0 saturated carbocycles. The van der Waals surface area contributed by atoms with Crippen LogP contribution in [0, 0.1) is 6.92 Å². The first-order valence-electron chi connectivity index (χ1n) is 9.72. The molecule has 0 aliphatic carbocycles. The number of ether oxygens (including phenoxy) is 2. The molecule has 5 heteroatoms. The van der Waals surface area contributed by atoms with Crippen molar-refractivity contribution in [2.75, 3.05) is 18.5 Å². The zero-order valence-corrected chi connectivity index (χ0v) is 16.0. The van der Waals surface area contributed by atoms with E-state index in [0.29, 0.717) is 23.6 Å². The minimum absolute atomic E-state index is 0.115. The summed E-state index contributed by atoms with van der Waals surface area (Å²) in [5.74, 6) is 0.478. The molecule has 3 aromatic rings. The number of aryl methyl sites for hydroxylation is 1. The van der Waals surface area contributed by atoms with Crippen LogP contribution < -0.4 is 10.1 Å². The third kappa shape index (κ3) is 4.15. The van der Waals surface area contributed by atoms with Gasteiger partial charge in [-0.15, -0.1) is 0 Å². The smallest absolute Gasteiger partial charge is 0.256 e. The standard InChI is InChI=1S/C23H24N2O3/c1-16-14-19(18-9-2-3-10-20(18)24-16)23(26)25-21-11-4-5-12-22(21)28-15-17-8-6-7-13-27-17/h2-5,9-12,14,17H,6-8,13,15H2,1H3,(H,25,26). The molecular weight excluding hydrogens is 352 g/mol. The number of rotatable bonds is 5. The third-order valence-electron chi connectivity index (χ3n) is 4.92. The van der Waals surface area contributed by atoms with Gasteiger partial charge in [0.2, 0.25) is 0 Å². The maximum Gasteiger partial charge on any atom is 0.256 e. The largest absolute Gasteiger partial charge is 0.489 e. The molecule has 1 aliphatic rings. The molecule has 28 heavy (non-hydrogen) atoms. The van der Waals surface area contributed by atoms with Crippen molar-refractivity contribution in [1.29, 1.82) is 0 Å². The topological polar surface area (TPSA) is 60.5 Å². The van der Waals surface area contributed by atoms with Crippen molar-refractivity contribution in [2.24, 2.45) is 0 Å².